The van der Waals surface area contributed by atoms with E-state index in [1.807, 2.05) is 0 Å². The first-order valence-electron chi connectivity index (χ1n) is 5.84. The minimum atomic E-state index is -3.43. The van der Waals surface area contributed by atoms with E-state index in [4.69, 9.17) is 0 Å². The van der Waals surface area contributed by atoms with Crippen molar-refractivity contribution in [2.75, 3.05) is 11.6 Å². The zero-order valence-electron chi connectivity index (χ0n) is 10.9. The van der Waals surface area contributed by atoms with Crippen molar-refractivity contribution >= 4 is 21.4 Å². The maximum Gasteiger partial charge on any atom is 0.258 e. The van der Waals surface area contributed by atoms with Crippen LogP contribution in [0.1, 0.15) is 10.4 Å². The van der Waals surface area contributed by atoms with E-state index < -0.39 is 32.9 Å². The third-order valence-electron chi connectivity index (χ3n) is 2.69. The number of hydrogen-bond acceptors (Lipinski definition) is 3. The molecule has 0 atom stereocenters. The summed E-state index contributed by atoms with van der Waals surface area (Å²) in [6.07, 6.45) is 1.03. The summed E-state index contributed by atoms with van der Waals surface area (Å²) in [5.74, 6) is -2.47. The highest BCUT2D eigenvalue weighted by Gasteiger charge is 2.14. The van der Waals surface area contributed by atoms with Crippen molar-refractivity contribution in [1.82, 2.24) is 0 Å². The number of nitrogens with one attached hydrogen (secondary N) is 1. The van der Waals surface area contributed by atoms with Gasteiger partial charge in [0, 0.05) is 11.9 Å². The minimum Gasteiger partial charge on any atom is -0.322 e. The maximum absolute atomic E-state index is 13.5. The summed E-state index contributed by atoms with van der Waals surface area (Å²) in [7, 11) is -3.43. The predicted octanol–water partition coefficient (Wildman–Crippen LogP) is 2.62. The molecule has 1 N–H and O–H groups in total. The van der Waals surface area contributed by atoms with Gasteiger partial charge in [0.15, 0.2) is 9.84 Å². The Bertz CT molecular complexity index is 804. The second kappa shape index (κ2) is 5.61. The highest BCUT2D eigenvalue weighted by molar-refractivity contribution is 7.90. The second-order valence-corrected chi connectivity index (χ2v) is 6.39. The molecule has 2 aromatic carbocycles. The van der Waals surface area contributed by atoms with Crippen LogP contribution in [0.3, 0.4) is 0 Å². The summed E-state index contributed by atoms with van der Waals surface area (Å²) in [5, 5.41) is 2.33. The van der Waals surface area contributed by atoms with Gasteiger partial charge in [0.2, 0.25) is 0 Å². The number of carbonyl (C=O) groups excluding carboxylic acids is 1. The summed E-state index contributed by atoms with van der Waals surface area (Å²) in [6.45, 7) is 0. The molecule has 4 nitrogen and oxygen atoms in total. The molecular weight excluding hydrogens is 300 g/mol. The summed E-state index contributed by atoms with van der Waals surface area (Å²) < 4.78 is 49.3. The molecule has 1 amide bonds. The van der Waals surface area contributed by atoms with Gasteiger partial charge in [-0.25, -0.2) is 17.2 Å². The molecule has 0 fully saturated rings. The summed E-state index contributed by atoms with van der Waals surface area (Å²) in [4.78, 5) is 11.9. The number of sulfone groups is 1. The zero-order chi connectivity index (χ0) is 15.6. The van der Waals surface area contributed by atoms with E-state index in [0.29, 0.717) is 0 Å². The van der Waals surface area contributed by atoms with Crippen molar-refractivity contribution in [1.29, 1.82) is 0 Å². The fourth-order valence-electron chi connectivity index (χ4n) is 1.67. The average Bonchev–Trinajstić information content (AvgIpc) is 2.41. The van der Waals surface area contributed by atoms with Crippen LogP contribution < -0.4 is 5.32 Å². The van der Waals surface area contributed by atoms with Gasteiger partial charge in [-0.05, 0) is 36.4 Å². The molecule has 0 saturated heterocycles. The molecule has 0 aliphatic carbocycles. The smallest absolute Gasteiger partial charge is 0.258 e. The van der Waals surface area contributed by atoms with Gasteiger partial charge in [0.1, 0.15) is 11.6 Å². The molecule has 0 saturated carbocycles. The lowest BCUT2D eigenvalue weighted by Gasteiger charge is -2.07. The van der Waals surface area contributed by atoms with Crippen LogP contribution >= 0.6 is 0 Å². The first-order valence-corrected chi connectivity index (χ1v) is 7.73. The second-order valence-electron chi connectivity index (χ2n) is 4.38. The molecular formula is C14H11F2NO3S. The van der Waals surface area contributed by atoms with Crippen LogP contribution in [-0.2, 0) is 9.84 Å². The molecule has 0 aliphatic rings. The standard InChI is InChI=1S/C14H11F2NO3S/c1-21(19,20)11-4-2-3-10(8-11)17-14(18)12-7-9(15)5-6-13(12)16/h2-8H,1H3,(H,17,18). The van der Waals surface area contributed by atoms with E-state index >= 15 is 0 Å². The van der Waals surface area contributed by atoms with Crippen LogP contribution in [0.2, 0.25) is 0 Å². The van der Waals surface area contributed by atoms with E-state index in [1.54, 1.807) is 0 Å². The Hall–Kier alpha value is -2.28. The Morgan fingerprint density at radius 2 is 1.81 bits per heavy atom. The van der Waals surface area contributed by atoms with E-state index in [0.717, 1.165) is 24.5 Å². The zero-order valence-corrected chi connectivity index (χ0v) is 11.7. The lowest BCUT2D eigenvalue weighted by atomic mass is 10.2. The van der Waals surface area contributed by atoms with Crippen molar-refractivity contribution in [3.05, 3.63) is 59.7 Å². The van der Waals surface area contributed by atoms with Gasteiger partial charge in [-0.2, -0.15) is 0 Å². The van der Waals surface area contributed by atoms with Gasteiger partial charge < -0.3 is 5.32 Å². The molecule has 2 aromatic rings. The Morgan fingerprint density at radius 1 is 1.10 bits per heavy atom. The van der Waals surface area contributed by atoms with Crippen molar-refractivity contribution in [2.45, 2.75) is 4.90 Å². The van der Waals surface area contributed by atoms with Crippen LogP contribution in [0.15, 0.2) is 47.4 Å². The normalized spacial score (nSPS) is 11.2. The minimum absolute atomic E-state index is 0.0139. The SMILES string of the molecule is CS(=O)(=O)c1cccc(NC(=O)c2cc(F)ccc2F)c1. The van der Waals surface area contributed by atoms with Crippen molar-refractivity contribution in [3.63, 3.8) is 0 Å². The molecule has 0 spiro atoms. The number of halogens is 2. The molecule has 21 heavy (non-hydrogen) atoms. The first-order chi connectivity index (χ1) is 9.77. The van der Waals surface area contributed by atoms with E-state index in [-0.39, 0.29) is 10.6 Å². The fourth-order valence-corrected chi connectivity index (χ4v) is 2.34. The van der Waals surface area contributed by atoms with Crippen molar-refractivity contribution < 1.29 is 22.0 Å². The van der Waals surface area contributed by atoms with Crippen LogP contribution in [-0.4, -0.2) is 20.6 Å². The topological polar surface area (TPSA) is 63.2 Å². The fraction of sp³-hybridized carbons (Fsp3) is 0.0714. The number of anilines is 1. The van der Waals surface area contributed by atoms with E-state index in [9.17, 15) is 22.0 Å². The van der Waals surface area contributed by atoms with Gasteiger partial charge in [-0.1, -0.05) is 6.07 Å². The molecule has 0 bridgehead atoms. The third kappa shape index (κ3) is 3.63. The van der Waals surface area contributed by atoms with Gasteiger partial charge in [0.05, 0.1) is 10.5 Å². The molecule has 0 radical (unpaired) electrons. The molecule has 0 aromatic heterocycles. The molecule has 0 heterocycles. The van der Waals surface area contributed by atoms with Crippen LogP contribution in [0.5, 0.6) is 0 Å². The van der Waals surface area contributed by atoms with Crippen molar-refractivity contribution in [3.8, 4) is 0 Å². The third-order valence-corrected chi connectivity index (χ3v) is 3.80. The predicted molar refractivity (Wildman–Crippen MR) is 73.9 cm³/mol. The molecule has 7 heteroatoms. The Labute approximate surface area is 120 Å². The quantitative estimate of drug-likeness (QED) is 0.948. The van der Waals surface area contributed by atoms with E-state index in [2.05, 4.69) is 5.32 Å². The van der Waals surface area contributed by atoms with Gasteiger partial charge in [0.25, 0.3) is 5.91 Å². The summed E-state index contributed by atoms with van der Waals surface area (Å²) >= 11 is 0. The maximum atomic E-state index is 13.5. The highest BCUT2D eigenvalue weighted by Crippen LogP contribution is 2.17. The van der Waals surface area contributed by atoms with Crippen molar-refractivity contribution in [2.24, 2.45) is 0 Å². The van der Waals surface area contributed by atoms with Gasteiger partial charge in [-0.15, -0.1) is 0 Å². The number of carbonyl (C=O) groups is 1. The Morgan fingerprint density at radius 3 is 2.48 bits per heavy atom. The lowest BCUT2D eigenvalue weighted by molar-refractivity contribution is 0.102. The molecule has 2 rings (SSSR count). The largest absolute Gasteiger partial charge is 0.322 e. The van der Waals surface area contributed by atoms with Gasteiger partial charge in [-0.3, -0.25) is 4.79 Å². The monoisotopic (exact) mass is 311 g/mol. The van der Waals surface area contributed by atoms with Crippen LogP contribution in [0.4, 0.5) is 14.5 Å². The number of amides is 1. The number of hydrogen-bond donors (Lipinski definition) is 1. The summed E-state index contributed by atoms with van der Waals surface area (Å²) in [6, 6.07) is 8.01. The van der Waals surface area contributed by atoms with E-state index in [1.165, 1.54) is 24.3 Å². The van der Waals surface area contributed by atoms with Crippen LogP contribution in [0, 0.1) is 11.6 Å². The molecule has 110 valence electrons. The Balaban J connectivity index is 2.30. The highest BCUT2D eigenvalue weighted by atomic mass is 32.2. The molecule has 0 aliphatic heterocycles. The van der Waals surface area contributed by atoms with Crippen LogP contribution in [0.25, 0.3) is 0 Å². The number of rotatable bonds is 3. The average molecular weight is 311 g/mol. The van der Waals surface area contributed by atoms with Gasteiger partial charge >= 0.3 is 0 Å². The lowest BCUT2D eigenvalue weighted by Crippen LogP contribution is -2.14. The molecule has 0 unspecified atom stereocenters. The number of benzene rings is 2. The summed E-state index contributed by atoms with van der Waals surface area (Å²) in [5.41, 5.74) is -0.286. The Kier molecular flexibility index (Phi) is 4.04. The first kappa shape index (κ1) is 15.1.